The van der Waals surface area contributed by atoms with E-state index in [1.165, 1.54) is 7.11 Å². The molecule has 0 amide bonds. The molecule has 74 valence electrons. The molecule has 0 heterocycles. The van der Waals surface area contributed by atoms with Crippen LogP contribution in [0.5, 0.6) is 5.75 Å². The van der Waals surface area contributed by atoms with Gasteiger partial charge in [-0.1, -0.05) is 12.1 Å². The molecular formula is C11H12O3. The van der Waals surface area contributed by atoms with E-state index in [-0.39, 0.29) is 5.97 Å². The molecule has 0 N–H and O–H groups in total. The summed E-state index contributed by atoms with van der Waals surface area (Å²) < 4.78 is 9.79. The molecule has 3 heteroatoms. The third-order valence-electron chi connectivity index (χ3n) is 1.60. The van der Waals surface area contributed by atoms with Crippen LogP contribution in [0.25, 0.3) is 0 Å². The fraction of sp³-hybridized carbons (Fsp3) is 0.182. The molecule has 0 spiro atoms. The topological polar surface area (TPSA) is 35.5 Å². The zero-order chi connectivity index (χ0) is 10.4. The van der Waals surface area contributed by atoms with Crippen molar-refractivity contribution in [2.24, 2.45) is 0 Å². The Balaban J connectivity index is 2.83. The summed E-state index contributed by atoms with van der Waals surface area (Å²) in [4.78, 5) is 11.1. The lowest BCUT2D eigenvalue weighted by molar-refractivity contribution is 0.0600. The molecule has 0 saturated heterocycles. The minimum Gasteiger partial charge on any atom is -0.465 e. The number of rotatable bonds is 3. The Hall–Kier alpha value is -1.77. The first-order chi connectivity index (χ1) is 6.77. The summed E-state index contributed by atoms with van der Waals surface area (Å²) in [7, 11) is 1.35. The van der Waals surface area contributed by atoms with Gasteiger partial charge in [-0.05, 0) is 25.1 Å². The van der Waals surface area contributed by atoms with Crippen LogP contribution in [0.15, 0.2) is 36.6 Å². The average Bonchev–Trinajstić information content (AvgIpc) is 2.25. The standard InChI is InChI=1S/C11H12O3/c1-3-7-14-10-6-4-5-9(8-10)11(12)13-2/h3-8H,1-2H3. The predicted octanol–water partition coefficient (Wildman–Crippen LogP) is 2.39. The summed E-state index contributed by atoms with van der Waals surface area (Å²) >= 11 is 0. The van der Waals surface area contributed by atoms with Crippen LogP contribution in [0, 0.1) is 0 Å². The van der Waals surface area contributed by atoms with Crippen molar-refractivity contribution in [2.75, 3.05) is 7.11 Å². The van der Waals surface area contributed by atoms with E-state index < -0.39 is 0 Å². The second-order valence-electron chi connectivity index (χ2n) is 2.61. The van der Waals surface area contributed by atoms with Gasteiger partial charge in [-0.3, -0.25) is 0 Å². The Bertz CT molecular complexity index is 342. The van der Waals surface area contributed by atoms with Gasteiger partial charge in [0.05, 0.1) is 18.9 Å². The first-order valence-corrected chi connectivity index (χ1v) is 4.24. The van der Waals surface area contributed by atoms with E-state index in [1.54, 1.807) is 36.6 Å². The van der Waals surface area contributed by atoms with Crippen molar-refractivity contribution in [2.45, 2.75) is 6.92 Å². The Morgan fingerprint density at radius 3 is 2.86 bits per heavy atom. The lowest BCUT2D eigenvalue weighted by atomic mass is 10.2. The second-order valence-corrected chi connectivity index (χ2v) is 2.61. The van der Waals surface area contributed by atoms with E-state index in [0.717, 1.165) is 0 Å². The molecule has 1 aromatic carbocycles. The third-order valence-corrected chi connectivity index (χ3v) is 1.60. The fourth-order valence-corrected chi connectivity index (χ4v) is 0.961. The largest absolute Gasteiger partial charge is 0.465 e. The van der Waals surface area contributed by atoms with Gasteiger partial charge in [-0.15, -0.1) is 0 Å². The lowest BCUT2D eigenvalue weighted by Gasteiger charge is -2.02. The van der Waals surface area contributed by atoms with Crippen molar-refractivity contribution in [1.29, 1.82) is 0 Å². The van der Waals surface area contributed by atoms with Crippen LogP contribution in [-0.2, 0) is 4.74 Å². The van der Waals surface area contributed by atoms with Crippen LogP contribution < -0.4 is 4.74 Å². The quantitative estimate of drug-likeness (QED) is 0.545. The smallest absolute Gasteiger partial charge is 0.337 e. The summed E-state index contributed by atoms with van der Waals surface area (Å²) in [5.41, 5.74) is 0.481. The van der Waals surface area contributed by atoms with Gasteiger partial charge in [0.15, 0.2) is 0 Å². The molecule has 0 aromatic heterocycles. The number of methoxy groups -OCH3 is 1. The van der Waals surface area contributed by atoms with Crippen molar-refractivity contribution in [1.82, 2.24) is 0 Å². The number of ether oxygens (including phenoxy) is 2. The SMILES string of the molecule is CC=COc1cccc(C(=O)OC)c1. The predicted molar refractivity (Wildman–Crippen MR) is 53.2 cm³/mol. The van der Waals surface area contributed by atoms with Gasteiger partial charge in [0.1, 0.15) is 5.75 Å². The Morgan fingerprint density at radius 2 is 2.21 bits per heavy atom. The third kappa shape index (κ3) is 2.62. The van der Waals surface area contributed by atoms with Crippen molar-refractivity contribution < 1.29 is 14.3 Å². The van der Waals surface area contributed by atoms with Crippen LogP contribution in [0.4, 0.5) is 0 Å². The highest BCUT2D eigenvalue weighted by Crippen LogP contribution is 2.14. The summed E-state index contributed by atoms with van der Waals surface area (Å²) in [6, 6.07) is 6.82. The molecule has 0 radical (unpaired) electrons. The lowest BCUT2D eigenvalue weighted by Crippen LogP contribution is -2.00. The van der Waals surface area contributed by atoms with E-state index in [2.05, 4.69) is 4.74 Å². The zero-order valence-electron chi connectivity index (χ0n) is 8.19. The Morgan fingerprint density at radius 1 is 1.43 bits per heavy atom. The van der Waals surface area contributed by atoms with Crippen molar-refractivity contribution in [3.05, 3.63) is 42.2 Å². The minimum atomic E-state index is -0.365. The van der Waals surface area contributed by atoms with Gasteiger partial charge in [0.25, 0.3) is 0 Å². The normalized spacial score (nSPS) is 10.1. The first-order valence-electron chi connectivity index (χ1n) is 4.24. The minimum absolute atomic E-state index is 0.365. The number of carbonyl (C=O) groups is 1. The number of benzene rings is 1. The molecule has 0 saturated carbocycles. The highest BCUT2D eigenvalue weighted by Gasteiger charge is 2.05. The number of carbonyl (C=O) groups excluding carboxylic acids is 1. The van der Waals surface area contributed by atoms with Crippen LogP contribution in [0.1, 0.15) is 17.3 Å². The molecule has 1 rings (SSSR count). The second kappa shape index (κ2) is 5.07. The van der Waals surface area contributed by atoms with Crippen LogP contribution in [0.3, 0.4) is 0 Å². The fourth-order valence-electron chi connectivity index (χ4n) is 0.961. The molecule has 0 aliphatic rings. The molecular weight excluding hydrogens is 180 g/mol. The first kappa shape index (κ1) is 10.3. The molecule has 14 heavy (non-hydrogen) atoms. The van der Waals surface area contributed by atoms with Gasteiger partial charge < -0.3 is 9.47 Å². The number of hydrogen-bond donors (Lipinski definition) is 0. The molecule has 0 aliphatic heterocycles. The van der Waals surface area contributed by atoms with Gasteiger partial charge in [0, 0.05) is 0 Å². The van der Waals surface area contributed by atoms with E-state index in [9.17, 15) is 4.79 Å². The summed E-state index contributed by atoms with van der Waals surface area (Å²) in [6.07, 6.45) is 3.32. The maximum Gasteiger partial charge on any atom is 0.337 e. The van der Waals surface area contributed by atoms with E-state index in [1.807, 2.05) is 6.92 Å². The molecule has 3 nitrogen and oxygen atoms in total. The number of hydrogen-bond acceptors (Lipinski definition) is 3. The van der Waals surface area contributed by atoms with Crippen molar-refractivity contribution >= 4 is 5.97 Å². The molecule has 0 bridgehead atoms. The van der Waals surface area contributed by atoms with E-state index >= 15 is 0 Å². The van der Waals surface area contributed by atoms with Gasteiger partial charge >= 0.3 is 5.97 Å². The molecule has 0 unspecified atom stereocenters. The summed E-state index contributed by atoms with van der Waals surface area (Å²) in [5, 5.41) is 0. The zero-order valence-corrected chi connectivity index (χ0v) is 8.19. The maximum absolute atomic E-state index is 11.1. The Labute approximate surface area is 83.0 Å². The number of allylic oxidation sites excluding steroid dienone is 1. The van der Waals surface area contributed by atoms with E-state index in [4.69, 9.17) is 4.74 Å². The molecule has 0 aliphatic carbocycles. The molecule has 0 atom stereocenters. The summed E-state index contributed by atoms with van der Waals surface area (Å²) in [6.45, 7) is 1.85. The van der Waals surface area contributed by atoms with Gasteiger partial charge in [-0.25, -0.2) is 4.79 Å². The van der Waals surface area contributed by atoms with E-state index in [0.29, 0.717) is 11.3 Å². The maximum atomic E-state index is 11.1. The highest BCUT2D eigenvalue weighted by atomic mass is 16.5. The molecule has 1 aromatic rings. The number of esters is 1. The van der Waals surface area contributed by atoms with Crippen molar-refractivity contribution in [3.8, 4) is 5.75 Å². The molecule has 0 fully saturated rings. The van der Waals surface area contributed by atoms with Gasteiger partial charge in [-0.2, -0.15) is 0 Å². The van der Waals surface area contributed by atoms with Crippen LogP contribution in [-0.4, -0.2) is 13.1 Å². The summed E-state index contributed by atoms with van der Waals surface area (Å²) in [5.74, 6) is 0.252. The Kier molecular flexibility index (Phi) is 3.73. The van der Waals surface area contributed by atoms with Crippen molar-refractivity contribution in [3.63, 3.8) is 0 Å². The highest BCUT2D eigenvalue weighted by molar-refractivity contribution is 5.89. The van der Waals surface area contributed by atoms with Gasteiger partial charge in [0.2, 0.25) is 0 Å². The van der Waals surface area contributed by atoms with Crippen LogP contribution in [0.2, 0.25) is 0 Å². The monoisotopic (exact) mass is 192 g/mol. The van der Waals surface area contributed by atoms with Crippen LogP contribution >= 0.6 is 0 Å². The average molecular weight is 192 g/mol.